The third-order valence-corrected chi connectivity index (χ3v) is 4.32. The summed E-state index contributed by atoms with van der Waals surface area (Å²) in [7, 11) is 0. The highest BCUT2D eigenvalue weighted by molar-refractivity contribution is 7.79. The summed E-state index contributed by atoms with van der Waals surface area (Å²) in [6.07, 6.45) is -5.05. The van der Waals surface area contributed by atoms with E-state index in [4.69, 9.17) is 17.0 Å². The van der Waals surface area contributed by atoms with Gasteiger partial charge >= 0.3 is 6.18 Å². The fraction of sp³-hybridized carbons (Fsp3) is 0.278. The first kappa shape index (κ1) is 17.8. The SMILES string of the molecule is CC1(C)OC(C=S)Nc2ccc(-c3cc(F)cc(C(F)(F)F)c3)cc21. The molecule has 2 nitrogen and oxygen atoms in total. The van der Waals surface area contributed by atoms with Gasteiger partial charge in [0.2, 0.25) is 0 Å². The molecule has 1 aliphatic heterocycles. The highest BCUT2D eigenvalue weighted by Gasteiger charge is 2.34. The summed E-state index contributed by atoms with van der Waals surface area (Å²) < 4.78 is 58.3. The molecule has 2 aromatic rings. The summed E-state index contributed by atoms with van der Waals surface area (Å²) >= 11 is 4.91. The third-order valence-electron chi connectivity index (χ3n) is 4.07. The lowest BCUT2D eigenvalue weighted by Crippen LogP contribution is -2.39. The topological polar surface area (TPSA) is 21.3 Å². The van der Waals surface area contributed by atoms with Crippen molar-refractivity contribution in [3.63, 3.8) is 0 Å². The van der Waals surface area contributed by atoms with Crippen LogP contribution in [0.3, 0.4) is 0 Å². The fourth-order valence-electron chi connectivity index (χ4n) is 2.89. The zero-order valence-corrected chi connectivity index (χ0v) is 14.3. The molecule has 0 spiro atoms. The van der Waals surface area contributed by atoms with Gasteiger partial charge in [0.25, 0.3) is 0 Å². The van der Waals surface area contributed by atoms with Crippen molar-refractivity contribution in [2.24, 2.45) is 0 Å². The summed E-state index contributed by atoms with van der Waals surface area (Å²) in [5, 5.41) is 4.55. The Morgan fingerprint density at radius 3 is 2.48 bits per heavy atom. The number of halogens is 4. The molecule has 25 heavy (non-hydrogen) atoms. The van der Waals surface area contributed by atoms with Gasteiger partial charge in [-0.05, 0) is 55.3 Å². The minimum atomic E-state index is -4.61. The fourth-order valence-corrected chi connectivity index (χ4v) is 3.02. The second-order valence-corrected chi connectivity index (χ2v) is 6.59. The van der Waals surface area contributed by atoms with Crippen LogP contribution in [0, 0.1) is 5.82 Å². The van der Waals surface area contributed by atoms with Crippen LogP contribution in [0.5, 0.6) is 0 Å². The highest BCUT2D eigenvalue weighted by Crippen LogP contribution is 2.40. The summed E-state index contributed by atoms with van der Waals surface area (Å²) in [5.41, 5.74) is 0.450. The second kappa shape index (κ2) is 6.07. The zero-order valence-electron chi connectivity index (χ0n) is 13.4. The van der Waals surface area contributed by atoms with Crippen LogP contribution in [0.15, 0.2) is 36.4 Å². The van der Waals surface area contributed by atoms with Crippen molar-refractivity contribution in [1.29, 1.82) is 0 Å². The van der Waals surface area contributed by atoms with Crippen LogP contribution in [0.4, 0.5) is 23.2 Å². The number of rotatable bonds is 2. The molecule has 0 fully saturated rings. The van der Waals surface area contributed by atoms with Crippen LogP contribution in [-0.4, -0.2) is 11.6 Å². The third kappa shape index (κ3) is 3.52. The van der Waals surface area contributed by atoms with Crippen LogP contribution in [-0.2, 0) is 16.5 Å². The van der Waals surface area contributed by atoms with Crippen molar-refractivity contribution < 1.29 is 22.3 Å². The van der Waals surface area contributed by atoms with Crippen molar-refractivity contribution in [2.45, 2.75) is 31.9 Å². The monoisotopic (exact) mass is 369 g/mol. The lowest BCUT2D eigenvalue weighted by Gasteiger charge is -2.37. The Hall–Kier alpha value is -1.99. The van der Waals surface area contributed by atoms with Gasteiger partial charge in [0.05, 0.1) is 11.2 Å². The summed E-state index contributed by atoms with van der Waals surface area (Å²) in [6, 6.07) is 7.59. The molecule has 0 saturated carbocycles. The molecule has 7 heteroatoms. The van der Waals surface area contributed by atoms with E-state index in [-0.39, 0.29) is 5.56 Å². The first-order valence-corrected chi connectivity index (χ1v) is 7.99. The number of alkyl halides is 3. The number of hydrogen-bond acceptors (Lipinski definition) is 3. The lowest BCUT2D eigenvalue weighted by atomic mass is 9.90. The highest BCUT2D eigenvalue weighted by atomic mass is 32.1. The van der Waals surface area contributed by atoms with Crippen molar-refractivity contribution in [3.8, 4) is 11.1 Å². The van der Waals surface area contributed by atoms with Gasteiger partial charge in [-0.25, -0.2) is 4.39 Å². The molecule has 0 bridgehead atoms. The quantitative estimate of drug-likeness (QED) is 0.557. The van der Waals surface area contributed by atoms with Crippen molar-refractivity contribution in [2.75, 3.05) is 5.32 Å². The molecule has 0 radical (unpaired) electrons. The largest absolute Gasteiger partial charge is 0.416 e. The summed E-state index contributed by atoms with van der Waals surface area (Å²) in [4.78, 5) is 0. The maximum Gasteiger partial charge on any atom is 0.416 e. The molecule has 1 N–H and O–H groups in total. The Bertz CT molecular complexity index is 832. The summed E-state index contributed by atoms with van der Waals surface area (Å²) in [6.45, 7) is 3.68. The predicted molar refractivity (Wildman–Crippen MR) is 92.0 cm³/mol. The van der Waals surface area contributed by atoms with Crippen molar-refractivity contribution in [1.82, 2.24) is 0 Å². The molecular weight excluding hydrogens is 354 g/mol. The molecule has 0 amide bonds. The van der Waals surface area contributed by atoms with E-state index in [2.05, 4.69) is 5.32 Å². The van der Waals surface area contributed by atoms with E-state index in [1.165, 1.54) is 5.37 Å². The van der Waals surface area contributed by atoms with E-state index in [9.17, 15) is 17.6 Å². The van der Waals surface area contributed by atoms with Gasteiger partial charge < -0.3 is 10.1 Å². The normalized spacial score (nSPS) is 19.0. The molecule has 3 rings (SSSR count). The molecule has 0 aliphatic carbocycles. The van der Waals surface area contributed by atoms with E-state index in [0.29, 0.717) is 11.6 Å². The van der Waals surface area contributed by atoms with Gasteiger partial charge in [-0.1, -0.05) is 18.3 Å². The number of nitrogens with one attached hydrogen (secondary N) is 1. The minimum Gasteiger partial charge on any atom is -0.356 e. The molecular formula is C18H15F4NOS. The van der Waals surface area contributed by atoms with Crippen LogP contribution in [0.2, 0.25) is 0 Å². The Labute approximate surface area is 147 Å². The van der Waals surface area contributed by atoms with Crippen LogP contribution >= 0.6 is 12.2 Å². The Balaban J connectivity index is 2.09. The average molecular weight is 369 g/mol. The molecule has 1 atom stereocenters. The van der Waals surface area contributed by atoms with Gasteiger partial charge in [0.1, 0.15) is 5.82 Å². The van der Waals surface area contributed by atoms with Crippen molar-refractivity contribution >= 4 is 23.3 Å². The Kier molecular flexibility index (Phi) is 4.33. The maximum atomic E-state index is 13.7. The molecule has 1 aliphatic rings. The van der Waals surface area contributed by atoms with Gasteiger partial charge in [0.15, 0.2) is 6.23 Å². The minimum absolute atomic E-state index is 0.155. The smallest absolute Gasteiger partial charge is 0.356 e. The Morgan fingerprint density at radius 2 is 1.84 bits per heavy atom. The van der Waals surface area contributed by atoms with Crippen molar-refractivity contribution in [3.05, 3.63) is 53.3 Å². The number of thiocarbonyl (C=S) groups is 1. The van der Waals surface area contributed by atoms with Gasteiger partial charge in [-0.15, -0.1) is 0 Å². The number of benzene rings is 2. The first-order valence-electron chi connectivity index (χ1n) is 7.52. The average Bonchev–Trinajstić information content (AvgIpc) is 2.52. The number of fused-ring (bicyclic) bond motifs is 1. The molecule has 0 aromatic heterocycles. The van der Waals surface area contributed by atoms with E-state index >= 15 is 0 Å². The van der Waals surface area contributed by atoms with Gasteiger partial charge in [-0.2, -0.15) is 13.2 Å². The van der Waals surface area contributed by atoms with E-state index in [1.54, 1.807) is 18.2 Å². The van der Waals surface area contributed by atoms with Gasteiger partial charge in [0, 0.05) is 16.6 Å². The number of hydrogen-bond donors (Lipinski definition) is 1. The molecule has 132 valence electrons. The Morgan fingerprint density at radius 1 is 1.12 bits per heavy atom. The maximum absolute atomic E-state index is 13.7. The number of anilines is 1. The van der Waals surface area contributed by atoms with E-state index < -0.39 is 29.4 Å². The predicted octanol–water partition coefficient (Wildman–Crippen LogP) is 5.51. The molecule has 0 saturated heterocycles. The summed E-state index contributed by atoms with van der Waals surface area (Å²) in [5.74, 6) is -0.933. The lowest BCUT2D eigenvalue weighted by molar-refractivity contribution is -0.137. The second-order valence-electron chi connectivity index (χ2n) is 6.32. The first-order chi connectivity index (χ1) is 11.6. The van der Waals surface area contributed by atoms with Crippen LogP contribution in [0.1, 0.15) is 25.0 Å². The number of ether oxygens (including phenoxy) is 1. The van der Waals surface area contributed by atoms with Crippen LogP contribution in [0.25, 0.3) is 11.1 Å². The van der Waals surface area contributed by atoms with E-state index in [0.717, 1.165) is 23.4 Å². The van der Waals surface area contributed by atoms with Crippen LogP contribution < -0.4 is 5.32 Å². The standard InChI is InChI=1S/C18H15F4NOS/c1-17(2)14-7-10(3-4-15(14)23-16(9-25)24-17)11-5-12(18(20,21)22)8-13(19)6-11/h3-9,16,23H,1-2H3. The zero-order chi connectivity index (χ0) is 18.4. The molecule has 2 aromatic carbocycles. The molecule has 1 unspecified atom stereocenters. The molecule has 1 heterocycles. The van der Waals surface area contributed by atoms with Gasteiger partial charge in [-0.3, -0.25) is 0 Å². The van der Waals surface area contributed by atoms with E-state index in [1.807, 2.05) is 13.8 Å².